The molecule has 32 nitrogen and oxygen atoms in total. The highest BCUT2D eigenvalue weighted by Crippen LogP contribution is 2.32. The van der Waals surface area contributed by atoms with Crippen LogP contribution in [0, 0.1) is 29.6 Å². The van der Waals surface area contributed by atoms with Gasteiger partial charge in [0.15, 0.2) is 5.96 Å². The van der Waals surface area contributed by atoms with E-state index in [2.05, 4.69) is 66.7 Å². The first-order chi connectivity index (χ1) is 57.5. The number of benzene rings is 5. The summed E-state index contributed by atoms with van der Waals surface area (Å²) in [6.07, 6.45) is 8.97. The van der Waals surface area contributed by atoms with E-state index in [0.29, 0.717) is 97.8 Å². The van der Waals surface area contributed by atoms with E-state index in [0.717, 1.165) is 155 Å². The first kappa shape index (κ1) is 92.5. The molecule has 5 amide bonds. The zero-order chi connectivity index (χ0) is 85.4. The van der Waals surface area contributed by atoms with E-state index in [1.54, 1.807) is 36.3 Å². The van der Waals surface area contributed by atoms with Crippen LogP contribution in [0.25, 0.3) is 0 Å². The molecule has 32 heteroatoms. The number of methoxy groups -OCH3 is 4. The highest BCUT2D eigenvalue weighted by Gasteiger charge is 2.33. The molecule has 5 aromatic carbocycles. The average Bonchev–Trinajstić information content (AvgIpc) is 1.71. The Balaban J connectivity index is 0.000000187. The molecule has 7 heterocycles. The number of anilines is 1. The fraction of sp³-hybridized carbons (Fsp3) is 0.471. The van der Waals surface area contributed by atoms with Crippen LogP contribution in [0.15, 0.2) is 120 Å². The van der Waals surface area contributed by atoms with Crippen LogP contribution in [0.2, 0.25) is 0 Å². The lowest BCUT2D eigenvalue weighted by Crippen LogP contribution is -2.41. The second-order valence-corrected chi connectivity index (χ2v) is 29.2. The van der Waals surface area contributed by atoms with Gasteiger partial charge in [0, 0.05) is 72.1 Å². The van der Waals surface area contributed by atoms with Crippen LogP contribution in [0.5, 0.6) is 28.7 Å². The summed E-state index contributed by atoms with van der Waals surface area (Å²) in [7, 11) is 8.99. The molecule has 6 aliphatic heterocycles. The first-order valence-electron chi connectivity index (χ1n) is 40.2. The number of carboxylic acid groups (broad SMARTS) is 1. The highest BCUT2D eigenvalue weighted by atomic mass is 16.5. The maximum absolute atomic E-state index is 12.6. The Morgan fingerprint density at radius 3 is 1.26 bits per heavy atom. The summed E-state index contributed by atoms with van der Waals surface area (Å²) in [4.78, 5) is 128. The van der Waals surface area contributed by atoms with Crippen molar-refractivity contribution in [3.05, 3.63) is 171 Å². The SMILES string of the molecule is CNCCCOc1ccc2c(c1)CNC(=O)C(CC(=O)OC)C2.COC(=O)CC1Cc2ccc(O)cc2CNC1=O.COC(=O)CC1Cc2ccc(OCCCN)cc2CNC1=O.COC(=O)CC1Cc2ccc(OCCCNc3ccccn3)cc2CN(C)C1=O.O=C(O)CC1Cc2ccc(OCCCNC3=NCCCN3)cc2CNC1=O. The van der Waals surface area contributed by atoms with Crippen molar-refractivity contribution in [1.29, 1.82) is 0 Å². The number of fused-ring (bicyclic) bond motifs is 5. The summed E-state index contributed by atoms with van der Waals surface area (Å²) >= 11 is 0. The van der Waals surface area contributed by atoms with Gasteiger partial charge in [-0.15, -0.1) is 0 Å². The van der Waals surface area contributed by atoms with Gasteiger partial charge in [-0.3, -0.25) is 52.9 Å². The molecule has 12 N–H and O–H groups in total. The third-order valence-corrected chi connectivity index (χ3v) is 20.4. The second kappa shape index (κ2) is 49.2. The predicted octanol–water partition coefficient (Wildman–Crippen LogP) is 5.85. The molecule has 0 bridgehead atoms. The molecule has 5 atom stereocenters. The number of nitrogens with zero attached hydrogens (tertiary/aromatic N) is 3. The molecule has 0 radical (unpaired) electrons. The number of carbonyl (C=O) groups is 10. The average molecular weight is 1650 g/mol. The Morgan fingerprint density at radius 2 is 0.857 bits per heavy atom. The van der Waals surface area contributed by atoms with E-state index in [1.807, 2.05) is 98.0 Å². The van der Waals surface area contributed by atoms with E-state index in [1.165, 1.54) is 28.4 Å². The molecular weight excluding hydrogens is 1530 g/mol. The van der Waals surface area contributed by atoms with Crippen molar-refractivity contribution < 1.29 is 96.1 Å². The number of phenols is 1. The number of aliphatic carboxylic acids is 1. The zero-order valence-corrected chi connectivity index (χ0v) is 68.7. The van der Waals surface area contributed by atoms with E-state index >= 15 is 0 Å². The van der Waals surface area contributed by atoms with Gasteiger partial charge in [0.25, 0.3) is 0 Å². The number of nitrogens with one attached hydrogen (secondary N) is 8. The van der Waals surface area contributed by atoms with Crippen LogP contribution >= 0.6 is 0 Å². The van der Waals surface area contributed by atoms with Crippen molar-refractivity contribution in [3.8, 4) is 28.7 Å². The van der Waals surface area contributed by atoms with Crippen molar-refractivity contribution in [2.24, 2.45) is 40.3 Å². The summed E-state index contributed by atoms with van der Waals surface area (Å²) in [5.41, 5.74) is 15.6. The van der Waals surface area contributed by atoms with Crippen molar-refractivity contribution in [2.75, 3.05) is 114 Å². The van der Waals surface area contributed by atoms with Crippen LogP contribution < -0.4 is 67.2 Å². The number of guanidine groups is 1. The lowest BCUT2D eigenvalue weighted by Gasteiger charge is -2.19. The number of hydrogen-bond acceptors (Lipinski definition) is 26. The maximum atomic E-state index is 12.6. The van der Waals surface area contributed by atoms with Gasteiger partial charge in [0.05, 0.1) is 117 Å². The Morgan fingerprint density at radius 1 is 0.471 bits per heavy atom. The minimum Gasteiger partial charge on any atom is -0.508 e. The summed E-state index contributed by atoms with van der Waals surface area (Å²) in [6.45, 7) is 9.45. The van der Waals surface area contributed by atoms with Crippen molar-refractivity contribution in [3.63, 3.8) is 0 Å². The Hall–Kier alpha value is -12.1. The molecule has 5 unspecified atom stereocenters. The molecule has 0 fully saturated rings. The van der Waals surface area contributed by atoms with E-state index in [9.17, 15) is 53.1 Å². The van der Waals surface area contributed by atoms with Crippen LogP contribution in [0.3, 0.4) is 0 Å². The molecule has 642 valence electrons. The van der Waals surface area contributed by atoms with Gasteiger partial charge in [-0.2, -0.15) is 0 Å². The van der Waals surface area contributed by atoms with Gasteiger partial charge >= 0.3 is 29.8 Å². The van der Waals surface area contributed by atoms with Gasteiger partial charge < -0.3 is 101 Å². The van der Waals surface area contributed by atoms with Crippen LogP contribution in [-0.2, 0) is 132 Å². The monoisotopic (exact) mass is 1650 g/mol. The number of pyridine rings is 1. The number of amides is 5. The Bertz CT molecular complexity index is 4410. The highest BCUT2D eigenvalue weighted by molar-refractivity contribution is 5.88. The molecule has 0 aliphatic carbocycles. The lowest BCUT2D eigenvalue weighted by atomic mass is 9.94. The van der Waals surface area contributed by atoms with Crippen LogP contribution in [-0.4, -0.2) is 194 Å². The number of aromatic nitrogens is 1. The molecular formula is C87H114N12O20. The van der Waals surface area contributed by atoms with E-state index in [-0.39, 0.29) is 91.2 Å². The normalized spacial score (nSPS) is 17.5. The predicted molar refractivity (Wildman–Crippen MR) is 442 cm³/mol. The third-order valence-electron chi connectivity index (χ3n) is 20.4. The fourth-order valence-electron chi connectivity index (χ4n) is 13.9. The van der Waals surface area contributed by atoms with Crippen molar-refractivity contribution >= 4 is 71.2 Å². The van der Waals surface area contributed by atoms with Gasteiger partial charge in [0.2, 0.25) is 29.5 Å². The molecule has 6 aromatic rings. The number of aromatic hydroxyl groups is 1. The summed E-state index contributed by atoms with van der Waals surface area (Å²) in [5.74, 6) is -0.165. The van der Waals surface area contributed by atoms with Crippen LogP contribution in [0.4, 0.5) is 5.82 Å². The standard InChI is InChI=1S/C22H27N3O4.C19H26N4O4.C17H24N2O4.C16H22N2O4.C13H15NO4/c1-25-15-18-13-19(29-11-5-10-24-20-6-3-4-9-23-20)8-7-16(18)12-17(22(25)27)14-21(26)28-2;24-17(25)11-14-9-13-3-4-16(10-15(13)12-23-18(14)26)27-8-2-7-22-19-20-5-1-6-21-19;1-18-6-3-7-23-15-5-4-12-8-13(10-16(20)22-2)17(21)19-11-14(12)9-15;1-21-15(19)9-12-7-11-3-4-14(22-6-2-5-17)8-13(11)10-18-16(12)20;1-18-12(16)6-9-4-8-2-3-11(15)5-10(8)7-14-13(9)17/h3-4,6-9,13,17H,5,10-12,14-15H2,1-2H3,(H,23,24);3-4,10,14H,1-2,5-9,11-12H2,(H,23,26)(H,24,25)(H2,20,21,22);4-5,9,13,18H,3,6-8,10-11H2,1-2H3,(H,19,21);3-4,8,12H,2,5-7,9-10,17H2,1H3,(H,18,20);2-3,5,9,15H,4,6-7H2,1H3,(H,14,17). The minimum atomic E-state index is -0.957. The number of phenolic OH excluding ortho intramolecular Hbond substituents is 1. The molecule has 119 heavy (non-hydrogen) atoms. The molecule has 0 saturated heterocycles. The number of carboxylic acids is 1. The second-order valence-electron chi connectivity index (χ2n) is 29.2. The number of nitrogens with two attached hydrogens (primary N) is 1. The summed E-state index contributed by atoms with van der Waals surface area (Å²) in [6, 6.07) is 34.1. The maximum Gasteiger partial charge on any atom is 0.306 e. The van der Waals surface area contributed by atoms with Gasteiger partial charge in [-0.25, -0.2) is 4.98 Å². The fourth-order valence-corrected chi connectivity index (χ4v) is 13.9. The number of carbonyl (C=O) groups excluding carboxylic acids is 9. The van der Waals surface area contributed by atoms with Gasteiger partial charge in [0.1, 0.15) is 34.6 Å². The molecule has 12 rings (SSSR count). The molecule has 0 spiro atoms. The van der Waals surface area contributed by atoms with Gasteiger partial charge in [-0.05, 0) is 213 Å². The van der Waals surface area contributed by atoms with Crippen LogP contribution in [0.1, 0.15) is 120 Å². The molecule has 0 saturated carbocycles. The van der Waals surface area contributed by atoms with E-state index < -0.39 is 35.6 Å². The number of ether oxygens (including phenoxy) is 8. The minimum absolute atomic E-state index is 0.0327. The first-order valence-corrected chi connectivity index (χ1v) is 40.2. The zero-order valence-electron chi connectivity index (χ0n) is 68.7. The number of hydrogen-bond donors (Lipinski definition) is 11. The molecule has 6 aliphatic rings. The van der Waals surface area contributed by atoms with Crippen molar-refractivity contribution in [2.45, 2.75) is 129 Å². The largest absolute Gasteiger partial charge is 0.508 e. The van der Waals surface area contributed by atoms with E-state index in [4.69, 9.17) is 34.5 Å². The lowest BCUT2D eigenvalue weighted by molar-refractivity contribution is -0.146. The summed E-state index contributed by atoms with van der Waals surface area (Å²) < 4.78 is 41.7. The Kier molecular flexibility index (Phi) is 38.2. The topological polar surface area (TPSA) is 436 Å². The quantitative estimate of drug-likeness (QED) is 0.0143. The molecule has 1 aromatic heterocycles. The smallest absolute Gasteiger partial charge is 0.306 e. The number of rotatable bonds is 30. The summed E-state index contributed by atoms with van der Waals surface area (Å²) in [5, 5.41) is 42.5. The Labute approximate surface area is 693 Å². The number of esters is 4. The third kappa shape index (κ3) is 31.1. The number of aliphatic imine (C=N–C) groups is 1. The van der Waals surface area contributed by atoms with Gasteiger partial charge in [-0.1, -0.05) is 36.4 Å². The van der Waals surface area contributed by atoms with Crippen molar-refractivity contribution in [1.82, 2.24) is 47.1 Å².